The van der Waals surface area contributed by atoms with Crippen LogP contribution in [-0.4, -0.2) is 5.78 Å². The minimum Gasteiger partial charge on any atom is -0.294 e. The average Bonchev–Trinajstić information content (AvgIpc) is 2.41. The van der Waals surface area contributed by atoms with Crippen molar-refractivity contribution in [2.24, 2.45) is 0 Å². The standard InChI is InChI=1S/C17H15F3O/c1-10-3-6-12(7-4-10)9-14(21)13-8-5-11(2)15(16(13)18)17(19)20/h3-8,17H,9H2,1-2H3. The van der Waals surface area contributed by atoms with Gasteiger partial charge in [0.1, 0.15) is 5.82 Å². The van der Waals surface area contributed by atoms with Gasteiger partial charge in [-0.05, 0) is 31.0 Å². The SMILES string of the molecule is Cc1ccc(CC(=O)c2ccc(C)c(C(F)F)c2F)cc1. The Morgan fingerprint density at radius 2 is 1.67 bits per heavy atom. The Labute approximate surface area is 121 Å². The van der Waals surface area contributed by atoms with Gasteiger partial charge < -0.3 is 0 Å². The molecule has 0 saturated heterocycles. The zero-order chi connectivity index (χ0) is 15.6. The van der Waals surface area contributed by atoms with E-state index in [1.165, 1.54) is 19.1 Å². The number of rotatable bonds is 4. The highest BCUT2D eigenvalue weighted by atomic mass is 19.3. The van der Waals surface area contributed by atoms with Crippen LogP contribution in [0.5, 0.6) is 0 Å². The lowest BCUT2D eigenvalue weighted by atomic mass is 9.97. The molecule has 110 valence electrons. The fourth-order valence-corrected chi connectivity index (χ4v) is 2.16. The molecule has 0 aliphatic carbocycles. The summed E-state index contributed by atoms with van der Waals surface area (Å²) in [5.74, 6) is -1.61. The van der Waals surface area contributed by atoms with Gasteiger partial charge in [0, 0.05) is 6.42 Å². The highest BCUT2D eigenvalue weighted by Gasteiger charge is 2.22. The van der Waals surface area contributed by atoms with Gasteiger partial charge in [-0.3, -0.25) is 4.79 Å². The number of Topliss-reactive ketones (excluding diaryl/α,β-unsaturated/α-hetero) is 1. The third-order valence-electron chi connectivity index (χ3n) is 3.40. The lowest BCUT2D eigenvalue weighted by molar-refractivity contribution is 0.0987. The molecule has 0 radical (unpaired) electrons. The van der Waals surface area contributed by atoms with E-state index >= 15 is 0 Å². The van der Waals surface area contributed by atoms with Crippen LogP contribution in [0.15, 0.2) is 36.4 Å². The Kier molecular flexibility index (Phi) is 4.46. The van der Waals surface area contributed by atoms with Crippen LogP contribution in [-0.2, 0) is 6.42 Å². The molecule has 0 amide bonds. The zero-order valence-electron chi connectivity index (χ0n) is 11.8. The maximum atomic E-state index is 14.1. The van der Waals surface area contributed by atoms with Crippen molar-refractivity contribution < 1.29 is 18.0 Å². The van der Waals surface area contributed by atoms with E-state index in [2.05, 4.69) is 0 Å². The second-order valence-electron chi connectivity index (χ2n) is 5.04. The quantitative estimate of drug-likeness (QED) is 0.739. The molecule has 0 aromatic heterocycles. The molecule has 0 fully saturated rings. The third-order valence-corrected chi connectivity index (χ3v) is 3.40. The number of halogens is 3. The van der Waals surface area contributed by atoms with Crippen molar-refractivity contribution in [1.82, 2.24) is 0 Å². The summed E-state index contributed by atoms with van der Waals surface area (Å²) in [6, 6.07) is 9.86. The van der Waals surface area contributed by atoms with Gasteiger partial charge in [-0.2, -0.15) is 0 Å². The molecule has 0 bridgehead atoms. The molecule has 21 heavy (non-hydrogen) atoms. The number of carbonyl (C=O) groups excluding carboxylic acids is 1. The van der Waals surface area contributed by atoms with Gasteiger partial charge in [-0.1, -0.05) is 35.9 Å². The summed E-state index contributed by atoms with van der Waals surface area (Å²) in [7, 11) is 0. The minimum absolute atomic E-state index is 0.0110. The van der Waals surface area contributed by atoms with Gasteiger partial charge in [0.2, 0.25) is 0 Å². The van der Waals surface area contributed by atoms with Crippen molar-refractivity contribution in [2.75, 3.05) is 0 Å². The van der Waals surface area contributed by atoms with Gasteiger partial charge in [-0.25, -0.2) is 13.2 Å². The van der Waals surface area contributed by atoms with Crippen LogP contribution < -0.4 is 0 Å². The van der Waals surface area contributed by atoms with Crippen molar-refractivity contribution >= 4 is 5.78 Å². The van der Waals surface area contributed by atoms with Gasteiger partial charge in [0.15, 0.2) is 5.78 Å². The molecule has 0 aliphatic rings. The molecule has 1 nitrogen and oxygen atoms in total. The normalized spacial score (nSPS) is 11.0. The first kappa shape index (κ1) is 15.3. The summed E-state index contributed by atoms with van der Waals surface area (Å²) in [6.07, 6.45) is -2.94. The number of carbonyl (C=O) groups is 1. The van der Waals surface area contributed by atoms with Crippen LogP contribution in [0.2, 0.25) is 0 Å². The smallest absolute Gasteiger partial charge is 0.266 e. The summed E-state index contributed by atoms with van der Waals surface area (Å²) in [5.41, 5.74) is 0.951. The molecular weight excluding hydrogens is 277 g/mol. The zero-order valence-corrected chi connectivity index (χ0v) is 11.8. The number of aryl methyl sites for hydroxylation is 2. The van der Waals surface area contributed by atoms with Crippen molar-refractivity contribution in [3.05, 3.63) is 70.0 Å². The Hall–Kier alpha value is -2.10. The van der Waals surface area contributed by atoms with Crippen LogP contribution in [0.4, 0.5) is 13.2 Å². The summed E-state index contributed by atoms with van der Waals surface area (Å²) in [4.78, 5) is 12.1. The second kappa shape index (κ2) is 6.12. The fourth-order valence-electron chi connectivity index (χ4n) is 2.16. The molecule has 2 rings (SSSR count). The highest BCUT2D eigenvalue weighted by Crippen LogP contribution is 2.28. The first-order valence-corrected chi connectivity index (χ1v) is 6.56. The van der Waals surface area contributed by atoms with E-state index in [0.29, 0.717) is 0 Å². The Morgan fingerprint density at radius 1 is 1.05 bits per heavy atom. The largest absolute Gasteiger partial charge is 0.294 e. The first-order valence-electron chi connectivity index (χ1n) is 6.56. The molecule has 0 atom stereocenters. The molecular formula is C17H15F3O. The molecule has 0 unspecified atom stereocenters. The summed E-state index contributed by atoms with van der Waals surface area (Å²) in [5, 5.41) is 0. The lowest BCUT2D eigenvalue weighted by Crippen LogP contribution is -2.09. The van der Waals surface area contributed by atoms with E-state index in [1.54, 1.807) is 12.1 Å². The van der Waals surface area contributed by atoms with E-state index in [9.17, 15) is 18.0 Å². The van der Waals surface area contributed by atoms with Gasteiger partial charge in [0.25, 0.3) is 6.43 Å². The minimum atomic E-state index is -2.93. The van der Waals surface area contributed by atoms with E-state index in [0.717, 1.165) is 11.1 Å². The molecule has 0 N–H and O–H groups in total. The predicted octanol–water partition coefficient (Wildman–Crippen LogP) is 4.81. The molecule has 2 aromatic rings. The number of ketones is 1. The summed E-state index contributed by atoms with van der Waals surface area (Å²) in [6.45, 7) is 3.32. The number of alkyl halides is 2. The van der Waals surface area contributed by atoms with Crippen molar-refractivity contribution in [2.45, 2.75) is 26.7 Å². The third kappa shape index (κ3) is 3.32. The number of hydrogen-bond donors (Lipinski definition) is 0. The molecule has 0 aliphatic heterocycles. The first-order chi connectivity index (χ1) is 9.90. The lowest BCUT2D eigenvalue weighted by Gasteiger charge is -2.10. The maximum Gasteiger partial charge on any atom is 0.266 e. The highest BCUT2D eigenvalue weighted by molar-refractivity contribution is 5.98. The second-order valence-corrected chi connectivity index (χ2v) is 5.04. The van der Waals surface area contributed by atoms with Gasteiger partial charge >= 0.3 is 0 Å². The molecule has 0 heterocycles. The van der Waals surface area contributed by atoms with Crippen LogP contribution >= 0.6 is 0 Å². The molecule has 0 spiro atoms. The maximum absolute atomic E-state index is 14.1. The van der Waals surface area contributed by atoms with E-state index in [-0.39, 0.29) is 17.5 Å². The fraction of sp³-hybridized carbons (Fsp3) is 0.235. The summed E-state index contributed by atoms with van der Waals surface area (Å²) < 4.78 is 39.8. The predicted molar refractivity (Wildman–Crippen MR) is 75.3 cm³/mol. The Morgan fingerprint density at radius 3 is 2.24 bits per heavy atom. The molecule has 0 saturated carbocycles. The van der Waals surface area contributed by atoms with Crippen LogP contribution in [0.3, 0.4) is 0 Å². The monoisotopic (exact) mass is 292 g/mol. The topological polar surface area (TPSA) is 17.1 Å². The van der Waals surface area contributed by atoms with Crippen molar-refractivity contribution in [3.63, 3.8) is 0 Å². The number of hydrogen-bond acceptors (Lipinski definition) is 1. The molecule has 2 aromatic carbocycles. The summed E-state index contributed by atoms with van der Waals surface area (Å²) >= 11 is 0. The van der Waals surface area contributed by atoms with Gasteiger partial charge in [0.05, 0.1) is 11.1 Å². The number of benzene rings is 2. The van der Waals surface area contributed by atoms with E-state index < -0.39 is 23.6 Å². The Balaban J connectivity index is 2.31. The van der Waals surface area contributed by atoms with Crippen LogP contribution in [0, 0.1) is 19.7 Å². The Bertz CT molecular complexity index is 660. The van der Waals surface area contributed by atoms with Crippen LogP contribution in [0.1, 0.15) is 39.0 Å². The van der Waals surface area contributed by atoms with E-state index in [1.807, 2.05) is 19.1 Å². The van der Waals surface area contributed by atoms with Gasteiger partial charge in [-0.15, -0.1) is 0 Å². The van der Waals surface area contributed by atoms with E-state index in [4.69, 9.17) is 0 Å². The van der Waals surface area contributed by atoms with Crippen molar-refractivity contribution in [1.29, 1.82) is 0 Å². The van der Waals surface area contributed by atoms with Crippen molar-refractivity contribution in [3.8, 4) is 0 Å². The molecule has 4 heteroatoms. The van der Waals surface area contributed by atoms with Crippen LogP contribution in [0.25, 0.3) is 0 Å². The average molecular weight is 292 g/mol.